The van der Waals surface area contributed by atoms with E-state index in [0.717, 1.165) is 28.6 Å². The van der Waals surface area contributed by atoms with Crippen LogP contribution in [0.15, 0.2) is 30.3 Å². The zero-order valence-electron chi connectivity index (χ0n) is 17.7. The van der Waals surface area contributed by atoms with Crippen molar-refractivity contribution in [3.05, 3.63) is 52.2 Å². The average molecular weight is 426 g/mol. The maximum absolute atomic E-state index is 13.2. The lowest BCUT2D eigenvalue weighted by Gasteiger charge is -2.30. The summed E-state index contributed by atoms with van der Waals surface area (Å²) < 4.78 is 10.6. The van der Waals surface area contributed by atoms with E-state index in [-0.39, 0.29) is 11.3 Å². The summed E-state index contributed by atoms with van der Waals surface area (Å²) in [6.45, 7) is 2.86. The van der Waals surface area contributed by atoms with Gasteiger partial charge in [0.05, 0.1) is 17.4 Å². The molecule has 0 radical (unpaired) electrons. The number of benzene rings is 1. The molecular weight excluding hydrogens is 398 g/mol. The molecule has 0 atom stereocenters. The first-order valence-corrected chi connectivity index (χ1v) is 11.1. The topological polar surface area (TPSA) is 73.3 Å². The lowest BCUT2D eigenvalue weighted by molar-refractivity contribution is 0.0946. The Bertz CT molecular complexity index is 1040. The van der Waals surface area contributed by atoms with Gasteiger partial charge in [0.15, 0.2) is 5.82 Å². The number of carbonyl (C=O) groups excluding carboxylic acids is 1. The molecule has 1 fully saturated rings. The molecule has 0 aliphatic heterocycles. The van der Waals surface area contributed by atoms with E-state index in [2.05, 4.69) is 39.6 Å². The molecule has 30 heavy (non-hydrogen) atoms. The zero-order chi connectivity index (χ0) is 21.1. The van der Waals surface area contributed by atoms with Crippen molar-refractivity contribution < 1.29 is 14.3 Å². The number of rotatable bonds is 7. The molecule has 2 heterocycles. The van der Waals surface area contributed by atoms with Crippen LogP contribution in [0.2, 0.25) is 0 Å². The molecule has 1 saturated carbocycles. The fraction of sp³-hybridized carbons (Fsp3) is 0.435. The summed E-state index contributed by atoms with van der Waals surface area (Å²) in [6.07, 6.45) is 4.59. The standard InChI is InChI=1S/C23H27N3O3S/c1-15-18-21(29-3)25-17(13-28-2)26-22(18)30-19(15)20(27)24-14-23(11-7-8-12-23)16-9-5-4-6-10-16/h4-6,9-10H,7-8,11-14H2,1-3H3,(H,24,27). The third-order valence-corrected chi connectivity index (χ3v) is 7.19. The maximum Gasteiger partial charge on any atom is 0.261 e. The van der Waals surface area contributed by atoms with Gasteiger partial charge in [-0.3, -0.25) is 4.79 Å². The molecule has 0 bridgehead atoms. The summed E-state index contributed by atoms with van der Waals surface area (Å²) in [7, 11) is 3.18. The number of methoxy groups -OCH3 is 2. The van der Waals surface area contributed by atoms with Crippen LogP contribution in [0.4, 0.5) is 0 Å². The molecule has 6 nitrogen and oxygen atoms in total. The monoisotopic (exact) mass is 425 g/mol. The number of carbonyl (C=O) groups is 1. The Morgan fingerprint density at radius 2 is 1.90 bits per heavy atom. The van der Waals surface area contributed by atoms with Crippen LogP contribution in [0.3, 0.4) is 0 Å². The largest absolute Gasteiger partial charge is 0.480 e. The van der Waals surface area contributed by atoms with E-state index in [9.17, 15) is 4.79 Å². The van der Waals surface area contributed by atoms with Crippen molar-refractivity contribution in [1.82, 2.24) is 15.3 Å². The highest BCUT2D eigenvalue weighted by Gasteiger charge is 2.36. The molecule has 2 aromatic heterocycles. The highest BCUT2D eigenvalue weighted by molar-refractivity contribution is 7.20. The second kappa shape index (κ2) is 8.70. The van der Waals surface area contributed by atoms with Gasteiger partial charge in [-0.15, -0.1) is 11.3 Å². The molecule has 1 aromatic carbocycles. The summed E-state index contributed by atoms with van der Waals surface area (Å²) >= 11 is 1.38. The quantitative estimate of drug-likeness (QED) is 0.607. The number of aromatic nitrogens is 2. The lowest BCUT2D eigenvalue weighted by Crippen LogP contribution is -2.38. The van der Waals surface area contributed by atoms with E-state index in [0.29, 0.717) is 29.7 Å². The van der Waals surface area contributed by atoms with E-state index in [4.69, 9.17) is 9.47 Å². The van der Waals surface area contributed by atoms with Gasteiger partial charge >= 0.3 is 0 Å². The first kappa shape index (κ1) is 20.8. The van der Waals surface area contributed by atoms with Crippen LogP contribution in [0.25, 0.3) is 10.2 Å². The molecule has 158 valence electrons. The molecule has 0 spiro atoms. The third-order valence-electron chi connectivity index (χ3n) is 6.01. The second-order valence-corrected chi connectivity index (χ2v) is 8.85. The van der Waals surface area contributed by atoms with E-state index < -0.39 is 0 Å². The Balaban J connectivity index is 1.61. The smallest absolute Gasteiger partial charge is 0.261 e. The number of fused-ring (bicyclic) bond motifs is 1. The minimum Gasteiger partial charge on any atom is -0.480 e. The Morgan fingerprint density at radius 1 is 1.17 bits per heavy atom. The van der Waals surface area contributed by atoms with Crippen LogP contribution in [-0.2, 0) is 16.8 Å². The van der Waals surface area contributed by atoms with Crippen molar-refractivity contribution in [2.24, 2.45) is 0 Å². The number of thiophene rings is 1. The van der Waals surface area contributed by atoms with Gasteiger partial charge in [0.2, 0.25) is 5.88 Å². The highest BCUT2D eigenvalue weighted by Crippen LogP contribution is 2.41. The van der Waals surface area contributed by atoms with Crippen LogP contribution in [0, 0.1) is 6.92 Å². The average Bonchev–Trinajstić information content (AvgIpc) is 3.38. The van der Waals surface area contributed by atoms with Gasteiger partial charge in [-0.25, -0.2) is 4.98 Å². The molecule has 1 aliphatic rings. The fourth-order valence-corrected chi connectivity index (χ4v) is 5.55. The van der Waals surface area contributed by atoms with Crippen molar-refractivity contribution in [2.75, 3.05) is 20.8 Å². The number of hydrogen-bond donors (Lipinski definition) is 1. The van der Waals surface area contributed by atoms with Gasteiger partial charge in [-0.05, 0) is 30.9 Å². The van der Waals surface area contributed by atoms with Crippen LogP contribution in [0.5, 0.6) is 5.88 Å². The Kier molecular flexibility index (Phi) is 6.01. The first-order valence-electron chi connectivity index (χ1n) is 10.2. The number of aryl methyl sites for hydroxylation is 1. The summed E-state index contributed by atoms with van der Waals surface area (Å²) in [5.41, 5.74) is 2.19. The predicted octanol–water partition coefficient (Wildman–Crippen LogP) is 4.40. The zero-order valence-corrected chi connectivity index (χ0v) is 18.5. The Morgan fingerprint density at radius 3 is 2.57 bits per heavy atom. The number of amides is 1. The second-order valence-electron chi connectivity index (χ2n) is 7.85. The molecule has 1 amide bonds. The van der Waals surface area contributed by atoms with E-state index in [1.807, 2.05) is 13.0 Å². The van der Waals surface area contributed by atoms with E-state index >= 15 is 0 Å². The van der Waals surface area contributed by atoms with Gasteiger partial charge in [-0.1, -0.05) is 43.2 Å². The predicted molar refractivity (Wildman–Crippen MR) is 118 cm³/mol. The summed E-state index contributed by atoms with van der Waals surface area (Å²) in [6, 6.07) is 10.6. The number of hydrogen-bond acceptors (Lipinski definition) is 6. The summed E-state index contributed by atoms with van der Waals surface area (Å²) in [4.78, 5) is 23.5. The van der Waals surface area contributed by atoms with Gasteiger partial charge in [-0.2, -0.15) is 4.98 Å². The van der Waals surface area contributed by atoms with Crippen LogP contribution in [-0.4, -0.2) is 36.6 Å². The van der Waals surface area contributed by atoms with Gasteiger partial charge in [0.25, 0.3) is 5.91 Å². The van der Waals surface area contributed by atoms with E-state index in [1.165, 1.54) is 29.7 Å². The van der Waals surface area contributed by atoms with Crippen molar-refractivity contribution in [1.29, 1.82) is 0 Å². The van der Waals surface area contributed by atoms with Crippen molar-refractivity contribution in [2.45, 2.75) is 44.6 Å². The lowest BCUT2D eigenvalue weighted by atomic mass is 9.79. The minimum absolute atomic E-state index is 0.0185. The molecule has 1 aliphatic carbocycles. The number of nitrogens with one attached hydrogen (secondary N) is 1. The number of ether oxygens (including phenoxy) is 2. The molecular formula is C23H27N3O3S. The van der Waals surface area contributed by atoms with Crippen molar-refractivity contribution in [3.63, 3.8) is 0 Å². The van der Waals surface area contributed by atoms with Crippen LogP contribution in [0.1, 0.15) is 52.3 Å². The Hall–Kier alpha value is -2.51. The Labute approximate surface area is 180 Å². The molecule has 4 rings (SSSR count). The molecule has 0 unspecified atom stereocenters. The minimum atomic E-state index is -0.0620. The normalized spacial score (nSPS) is 15.4. The fourth-order valence-electron chi connectivity index (χ4n) is 4.44. The van der Waals surface area contributed by atoms with Gasteiger partial charge < -0.3 is 14.8 Å². The highest BCUT2D eigenvalue weighted by atomic mass is 32.1. The maximum atomic E-state index is 13.2. The van der Waals surface area contributed by atoms with E-state index in [1.54, 1.807) is 14.2 Å². The van der Waals surface area contributed by atoms with Crippen molar-refractivity contribution >= 4 is 27.5 Å². The number of nitrogens with zero attached hydrogens (tertiary/aromatic N) is 2. The summed E-state index contributed by atoms with van der Waals surface area (Å²) in [5.74, 6) is 0.966. The van der Waals surface area contributed by atoms with Crippen molar-refractivity contribution in [3.8, 4) is 5.88 Å². The van der Waals surface area contributed by atoms with Gasteiger partial charge in [0, 0.05) is 19.1 Å². The van der Waals surface area contributed by atoms with Gasteiger partial charge in [0.1, 0.15) is 11.4 Å². The summed E-state index contributed by atoms with van der Waals surface area (Å²) in [5, 5.41) is 4.01. The third kappa shape index (κ3) is 3.79. The SMILES string of the molecule is COCc1nc(OC)c2c(C)c(C(=O)NCC3(c4ccccc4)CCCC3)sc2n1. The molecule has 3 aromatic rings. The first-order chi connectivity index (χ1) is 14.6. The molecule has 0 saturated heterocycles. The molecule has 7 heteroatoms. The van der Waals surface area contributed by atoms with Crippen LogP contribution >= 0.6 is 11.3 Å². The molecule has 1 N–H and O–H groups in total. The van der Waals surface area contributed by atoms with Crippen LogP contribution < -0.4 is 10.1 Å².